The van der Waals surface area contributed by atoms with Crippen LogP contribution in [0.1, 0.15) is 6.42 Å². The molecule has 1 atom stereocenters. The fourth-order valence-electron chi connectivity index (χ4n) is 1.83. The molecule has 1 heterocycles. The van der Waals surface area contributed by atoms with Crippen LogP contribution in [0.15, 0.2) is 48.8 Å². The summed E-state index contributed by atoms with van der Waals surface area (Å²) in [6.07, 6.45) is 3.28. The number of benzene rings is 1. The molecule has 0 bridgehead atoms. The smallest absolute Gasteiger partial charge is 0.227 e. The molecule has 0 aliphatic rings. The molecule has 0 radical (unpaired) electrons. The molecular formula is C16H19N3O3. The van der Waals surface area contributed by atoms with Crippen LogP contribution in [-0.4, -0.2) is 30.6 Å². The lowest BCUT2D eigenvalue weighted by atomic mass is 10.2. The van der Waals surface area contributed by atoms with Gasteiger partial charge in [-0.2, -0.15) is 0 Å². The molecule has 1 amide bonds. The molecule has 6 nitrogen and oxygen atoms in total. The molecule has 1 aromatic heterocycles. The van der Waals surface area contributed by atoms with Crippen LogP contribution >= 0.6 is 0 Å². The van der Waals surface area contributed by atoms with Crippen molar-refractivity contribution in [3.63, 3.8) is 0 Å². The van der Waals surface area contributed by atoms with Gasteiger partial charge in [-0.1, -0.05) is 0 Å². The van der Waals surface area contributed by atoms with Crippen LogP contribution in [0.25, 0.3) is 0 Å². The Morgan fingerprint density at radius 3 is 2.41 bits per heavy atom. The molecule has 0 aliphatic carbocycles. The van der Waals surface area contributed by atoms with E-state index in [1.165, 1.54) is 7.11 Å². The average molecular weight is 301 g/mol. The Balaban J connectivity index is 1.90. The number of pyridine rings is 1. The zero-order valence-corrected chi connectivity index (χ0v) is 12.4. The SMILES string of the molecule is COC(CN)CC(=O)Nc1ccc(Oc2ccncc2)cc1. The highest BCUT2D eigenvalue weighted by Crippen LogP contribution is 2.22. The van der Waals surface area contributed by atoms with E-state index in [1.807, 2.05) is 0 Å². The molecular weight excluding hydrogens is 282 g/mol. The van der Waals surface area contributed by atoms with E-state index in [2.05, 4.69) is 10.3 Å². The van der Waals surface area contributed by atoms with E-state index in [-0.39, 0.29) is 18.4 Å². The number of ether oxygens (including phenoxy) is 2. The summed E-state index contributed by atoms with van der Waals surface area (Å²) in [5, 5.41) is 2.79. The number of aromatic nitrogens is 1. The zero-order valence-electron chi connectivity index (χ0n) is 12.4. The van der Waals surface area contributed by atoms with Gasteiger partial charge in [0.1, 0.15) is 11.5 Å². The number of anilines is 1. The quantitative estimate of drug-likeness (QED) is 0.818. The van der Waals surface area contributed by atoms with E-state index in [0.717, 1.165) is 0 Å². The maximum Gasteiger partial charge on any atom is 0.227 e. The van der Waals surface area contributed by atoms with E-state index >= 15 is 0 Å². The fraction of sp³-hybridized carbons (Fsp3) is 0.250. The molecule has 1 unspecified atom stereocenters. The van der Waals surface area contributed by atoms with Gasteiger partial charge in [-0.05, 0) is 36.4 Å². The first kappa shape index (κ1) is 15.9. The number of nitrogens with zero attached hydrogens (tertiary/aromatic N) is 1. The summed E-state index contributed by atoms with van der Waals surface area (Å²) in [6, 6.07) is 10.7. The van der Waals surface area contributed by atoms with E-state index in [0.29, 0.717) is 23.7 Å². The first-order valence-corrected chi connectivity index (χ1v) is 6.92. The molecule has 1 aromatic carbocycles. The minimum atomic E-state index is -0.269. The lowest BCUT2D eigenvalue weighted by Crippen LogP contribution is -2.28. The van der Waals surface area contributed by atoms with Gasteiger partial charge in [0.25, 0.3) is 0 Å². The summed E-state index contributed by atoms with van der Waals surface area (Å²) in [4.78, 5) is 15.8. The van der Waals surface area contributed by atoms with Crippen LogP contribution in [0.3, 0.4) is 0 Å². The van der Waals surface area contributed by atoms with Gasteiger partial charge in [-0.25, -0.2) is 0 Å². The number of carbonyl (C=O) groups is 1. The highest BCUT2D eigenvalue weighted by atomic mass is 16.5. The van der Waals surface area contributed by atoms with Crippen molar-refractivity contribution in [1.82, 2.24) is 4.98 Å². The molecule has 2 rings (SSSR count). The van der Waals surface area contributed by atoms with Crippen molar-refractivity contribution >= 4 is 11.6 Å². The summed E-state index contributed by atoms with van der Waals surface area (Å²) in [6.45, 7) is 0.308. The Labute approximate surface area is 129 Å². The highest BCUT2D eigenvalue weighted by molar-refractivity contribution is 5.91. The van der Waals surface area contributed by atoms with Crippen LogP contribution in [0.5, 0.6) is 11.5 Å². The predicted octanol–water partition coefficient (Wildman–Crippen LogP) is 2.18. The summed E-state index contributed by atoms with van der Waals surface area (Å²) in [7, 11) is 1.54. The van der Waals surface area contributed by atoms with Gasteiger partial charge in [0, 0.05) is 31.7 Å². The monoisotopic (exact) mass is 301 g/mol. The van der Waals surface area contributed by atoms with Crippen LogP contribution < -0.4 is 15.8 Å². The Kier molecular flexibility index (Phi) is 5.88. The Morgan fingerprint density at radius 1 is 1.18 bits per heavy atom. The fourth-order valence-corrected chi connectivity index (χ4v) is 1.83. The number of hydrogen-bond donors (Lipinski definition) is 2. The van der Waals surface area contributed by atoms with Gasteiger partial charge in [-0.3, -0.25) is 9.78 Å². The summed E-state index contributed by atoms with van der Waals surface area (Å²) >= 11 is 0. The van der Waals surface area contributed by atoms with Crippen molar-refractivity contribution in [2.45, 2.75) is 12.5 Å². The lowest BCUT2D eigenvalue weighted by Gasteiger charge is -2.13. The summed E-state index contributed by atoms with van der Waals surface area (Å²) < 4.78 is 10.7. The third-order valence-electron chi connectivity index (χ3n) is 3.03. The minimum Gasteiger partial charge on any atom is -0.457 e. The summed E-state index contributed by atoms with van der Waals surface area (Å²) in [5.41, 5.74) is 6.19. The second kappa shape index (κ2) is 8.11. The second-order valence-corrected chi connectivity index (χ2v) is 4.66. The van der Waals surface area contributed by atoms with Crippen molar-refractivity contribution in [2.24, 2.45) is 5.73 Å². The summed E-state index contributed by atoms with van der Waals surface area (Å²) in [5.74, 6) is 1.25. The molecule has 0 fully saturated rings. The van der Waals surface area contributed by atoms with Gasteiger partial charge in [0.15, 0.2) is 0 Å². The van der Waals surface area contributed by atoms with Crippen LogP contribution in [0.4, 0.5) is 5.69 Å². The van der Waals surface area contributed by atoms with Gasteiger partial charge in [-0.15, -0.1) is 0 Å². The Hall–Kier alpha value is -2.44. The number of hydrogen-bond acceptors (Lipinski definition) is 5. The van der Waals surface area contributed by atoms with Crippen molar-refractivity contribution in [3.05, 3.63) is 48.8 Å². The van der Waals surface area contributed by atoms with Gasteiger partial charge in [0.05, 0.1) is 12.5 Å². The third-order valence-corrected chi connectivity index (χ3v) is 3.03. The molecule has 22 heavy (non-hydrogen) atoms. The molecule has 0 spiro atoms. The van der Waals surface area contributed by atoms with Gasteiger partial charge < -0.3 is 20.5 Å². The number of carbonyl (C=O) groups excluding carboxylic acids is 1. The van der Waals surface area contributed by atoms with Crippen molar-refractivity contribution in [2.75, 3.05) is 19.0 Å². The third kappa shape index (κ3) is 4.83. The average Bonchev–Trinajstić information content (AvgIpc) is 2.55. The van der Waals surface area contributed by atoms with E-state index in [4.69, 9.17) is 15.2 Å². The second-order valence-electron chi connectivity index (χ2n) is 4.66. The van der Waals surface area contributed by atoms with E-state index < -0.39 is 0 Å². The predicted molar refractivity (Wildman–Crippen MR) is 83.9 cm³/mol. The zero-order chi connectivity index (χ0) is 15.8. The van der Waals surface area contributed by atoms with Crippen molar-refractivity contribution in [3.8, 4) is 11.5 Å². The number of amides is 1. The number of rotatable bonds is 7. The first-order valence-electron chi connectivity index (χ1n) is 6.92. The number of nitrogens with one attached hydrogen (secondary N) is 1. The van der Waals surface area contributed by atoms with Crippen LogP contribution in [-0.2, 0) is 9.53 Å². The maximum absolute atomic E-state index is 11.8. The highest BCUT2D eigenvalue weighted by Gasteiger charge is 2.11. The lowest BCUT2D eigenvalue weighted by molar-refractivity contribution is -0.118. The standard InChI is InChI=1S/C16H19N3O3/c1-21-15(11-17)10-16(20)19-12-2-4-13(5-3-12)22-14-6-8-18-9-7-14/h2-9,15H,10-11,17H2,1H3,(H,19,20). The first-order chi connectivity index (χ1) is 10.7. The minimum absolute atomic E-state index is 0.139. The molecule has 116 valence electrons. The topological polar surface area (TPSA) is 86.5 Å². The van der Waals surface area contributed by atoms with Crippen molar-refractivity contribution in [1.29, 1.82) is 0 Å². The largest absolute Gasteiger partial charge is 0.457 e. The molecule has 0 saturated heterocycles. The number of methoxy groups -OCH3 is 1. The number of nitrogens with two attached hydrogens (primary N) is 1. The molecule has 0 saturated carbocycles. The Bertz CT molecular complexity index is 583. The molecule has 0 aliphatic heterocycles. The van der Waals surface area contributed by atoms with Crippen molar-refractivity contribution < 1.29 is 14.3 Å². The van der Waals surface area contributed by atoms with Gasteiger partial charge in [0.2, 0.25) is 5.91 Å². The Morgan fingerprint density at radius 2 is 1.82 bits per heavy atom. The molecule has 3 N–H and O–H groups in total. The molecule has 2 aromatic rings. The molecule has 6 heteroatoms. The van der Waals surface area contributed by atoms with Crippen LogP contribution in [0, 0.1) is 0 Å². The van der Waals surface area contributed by atoms with Gasteiger partial charge >= 0.3 is 0 Å². The normalized spacial score (nSPS) is 11.7. The maximum atomic E-state index is 11.8. The van der Waals surface area contributed by atoms with E-state index in [9.17, 15) is 4.79 Å². The van der Waals surface area contributed by atoms with E-state index in [1.54, 1.807) is 48.8 Å². The van der Waals surface area contributed by atoms with Crippen LogP contribution in [0.2, 0.25) is 0 Å².